The number of amides is 1. The number of ether oxygens (including phenoxy) is 1. The normalized spacial score (nSPS) is 19.3. The Morgan fingerprint density at radius 3 is 2.70 bits per heavy atom. The van der Waals surface area contributed by atoms with Crippen molar-refractivity contribution in [3.8, 4) is 5.75 Å². The van der Waals surface area contributed by atoms with E-state index in [1.165, 1.54) is 19.2 Å². The van der Waals surface area contributed by atoms with Crippen molar-refractivity contribution in [1.82, 2.24) is 15.5 Å². The van der Waals surface area contributed by atoms with Crippen LogP contribution in [0, 0.1) is 5.82 Å². The van der Waals surface area contributed by atoms with E-state index in [9.17, 15) is 14.3 Å². The number of fused-ring (bicyclic) bond motifs is 1. The molecule has 3 aromatic rings. The van der Waals surface area contributed by atoms with Gasteiger partial charge in [-0.15, -0.1) is 0 Å². The number of carbonyl (C=O) groups excluding carboxylic acids is 1. The quantitative estimate of drug-likeness (QED) is 0.596. The lowest BCUT2D eigenvalue weighted by Gasteiger charge is -2.28. The smallest absolute Gasteiger partial charge is 0.255 e. The second kappa shape index (κ2) is 8.67. The minimum Gasteiger partial charge on any atom is -0.495 e. The Kier molecular flexibility index (Phi) is 5.81. The van der Waals surface area contributed by atoms with Crippen LogP contribution in [0.2, 0.25) is 0 Å². The van der Waals surface area contributed by atoms with Crippen LogP contribution in [-0.4, -0.2) is 40.5 Å². The minimum absolute atomic E-state index is 0.256. The number of rotatable bonds is 5. The molecule has 1 saturated carbocycles. The predicted octanol–water partition coefficient (Wildman–Crippen LogP) is 3.91. The van der Waals surface area contributed by atoms with Crippen LogP contribution < -0.4 is 10.1 Å². The Balaban J connectivity index is 1.65. The third-order valence-corrected chi connectivity index (χ3v) is 5.51. The van der Waals surface area contributed by atoms with Gasteiger partial charge in [-0.05, 0) is 48.7 Å². The number of aromatic amines is 1. The van der Waals surface area contributed by atoms with E-state index in [1.807, 2.05) is 6.08 Å². The Hall–Kier alpha value is -3.19. The summed E-state index contributed by atoms with van der Waals surface area (Å²) in [4.78, 5) is 12.9. The van der Waals surface area contributed by atoms with Crippen LogP contribution in [0.25, 0.3) is 23.1 Å². The molecule has 1 aliphatic rings. The highest BCUT2D eigenvalue weighted by Gasteiger charge is 2.27. The number of hydrogen-bond acceptors (Lipinski definition) is 4. The molecule has 0 bridgehead atoms. The molecule has 2 atom stereocenters. The molecule has 0 spiro atoms. The SMILES string of the molecule is COc1c(C(=O)N[C@@H]2CCCC[C@H]2O)ccc2[nH]nc(/C=C/c3ccc(F)cc3)c12. The van der Waals surface area contributed by atoms with Crippen molar-refractivity contribution in [3.05, 3.63) is 59.0 Å². The van der Waals surface area contributed by atoms with E-state index in [0.717, 1.165) is 30.3 Å². The van der Waals surface area contributed by atoms with E-state index in [1.54, 1.807) is 30.3 Å². The molecule has 6 nitrogen and oxygen atoms in total. The van der Waals surface area contributed by atoms with Crippen molar-refractivity contribution < 1.29 is 19.0 Å². The molecule has 156 valence electrons. The number of aliphatic hydroxyl groups is 1. The van der Waals surface area contributed by atoms with Gasteiger partial charge in [0.05, 0.1) is 41.4 Å². The molecule has 0 aliphatic heterocycles. The van der Waals surface area contributed by atoms with Crippen LogP contribution in [-0.2, 0) is 0 Å². The number of nitrogens with zero attached hydrogens (tertiary/aromatic N) is 1. The fraction of sp³-hybridized carbons (Fsp3) is 0.304. The van der Waals surface area contributed by atoms with Crippen LogP contribution in [0.5, 0.6) is 5.75 Å². The first-order chi connectivity index (χ1) is 14.6. The molecule has 3 N–H and O–H groups in total. The third kappa shape index (κ3) is 4.07. The van der Waals surface area contributed by atoms with Gasteiger partial charge >= 0.3 is 0 Å². The zero-order chi connectivity index (χ0) is 21.1. The molecule has 7 heteroatoms. The molecule has 1 aromatic heterocycles. The van der Waals surface area contributed by atoms with Gasteiger partial charge in [-0.3, -0.25) is 9.89 Å². The predicted molar refractivity (Wildman–Crippen MR) is 114 cm³/mol. The van der Waals surface area contributed by atoms with E-state index in [2.05, 4.69) is 15.5 Å². The summed E-state index contributed by atoms with van der Waals surface area (Å²) in [5, 5.41) is 21.1. The van der Waals surface area contributed by atoms with Crippen molar-refractivity contribution >= 4 is 29.0 Å². The maximum absolute atomic E-state index is 13.1. The third-order valence-electron chi connectivity index (χ3n) is 5.51. The molecule has 0 saturated heterocycles. The Bertz CT molecular complexity index is 1080. The molecular weight excluding hydrogens is 385 g/mol. The number of hydrogen-bond donors (Lipinski definition) is 3. The van der Waals surface area contributed by atoms with Crippen molar-refractivity contribution in [1.29, 1.82) is 0 Å². The lowest BCUT2D eigenvalue weighted by atomic mass is 9.92. The fourth-order valence-corrected chi connectivity index (χ4v) is 3.89. The lowest BCUT2D eigenvalue weighted by Crippen LogP contribution is -2.45. The number of benzene rings is 2. The molecule has 0 unspecified atom stereocenters. The highest BCUT2D eigenvalue weighted by atomic mass is 19.1. The van der Waals surface area contributed by atoms with Crippen molar-refractivity contribution in [2.24, 2.45) is 0 Å². The summed E-state index contributed by atoms with van der Waals surface area (Å²) in [5.41, 5.74) is 2.56. The average Bonchev–Trinajstić information content (AvgIpc) is 3.17. The second-order valence-corrected chi connectivity index (χ2v) is 7.49. The van der Waals surface area contributed by atoms with E-state index in [4.69, 9.17) is 4.74 Å². The minimum atomic E-state index is -0.527. The molecule has 1 aliphatic carbocycles. The fourth-order valence-electron chi connectivity index (χ4n) is 3.89. The maximum Gasteiger partial charge on any atom is 0.255 e. The monoisotopic (exact) mass is 409 g/mol. The van der Waals surface area contributed by atoms with Crippen LogP contribution in [0.4, 0.5) is 4.39 Å². The molecule has 0 radical (unpaired) electrons. The molecule has 1 heterocycles. The van der Waals surface area contributed by atoms with E-state index in [0.29, 0.717) is 28.8 Å². The van der Waals surface area contributed by atoms with Gasteiger partial charge in [0.2, 0.25) is 0 Å². The summed E-state index contributed by atoms with van der Waals surface area (Å²) < 4.78 is 18.7. The van der Waals surface area contributed by atoms with E-state index >= 15 is 0 Å². The maximum atomic E-state index is 13.1. The van der Waals surface area contributed by atoms with Crippen molar-refractivity contribution in [2.45, 2.75) is 37.8 Å². The Morgan fingerprint density at radius 1 is 1.20 bits per heavy atom. The van der Waals surface area contributed by atoms with Crippen molar-refractivity contribution in [3.63, 3.8) is 0 Å². The Morgan fingerprint density at radius 2 is 1.97 bits per heavy atom. The zero-order valence-electron chi connectivity index (χ0n) is 16.7. The first kappa shape index (κ1) is 20.1. The molecular formula is C23H24FN3O3. The Labute approximate surface area is 173 Å². The van der Waals surface area contributed by atoms with E-state index in [-0.39, 0.29) is 17.8 Å². The highest BCUT2D eigenvalue weighted by Crippen LogP contribution is 2.32. The van der Waals surface area contributed by atoms with Gasteiger partial charge in [-0.2, -0.15) is 5.10 Å². The van der Waals surface area contributed by atoms with Crippen LogP contribution in [0.15, 0.2) is 36.4 Å². The number of nitrogens with one attached hydrogen (secondary N) is 2. The highest BCUT2D eigenvalue weighted by molar-refractivity contribution is 6.05. The molecule has 30 heavy (non-hydrogen) atoms. The van der Waals surface area contributed by atoms with E-state index < -0.39 is 6.10 Å². The van der Waals surface area contributed by atoms with Crippen molar-refractivity contribution in [2.75, 3.05) is 7.11 Å². The molecule has 4 rings (SSSR count). The summed E-state index contributed by atoms with van der Waals surface area (Å²) in [6.45, 7) is 0. The number of aromatic nitrogens is 2. The van der Waals surface area contributed by atoms with Gasteiger partial charge in [-0.25, -0.2) is 4.39 Å². The van der Waals surface area contributed by atoms with Gasteiger partial charge in [-0.1, -0.05) is 31.1 Å². The number of aliphatic hydroxyl groups excluding tert-OH is 1. The molecule has 1 fully saturated rings. The summed E-state index contributed by atoms with van der Waals surface area (Å²) in [6.07, 6.45) is 6.50. The standard InChI is InChI=1S/C23H24FN3O3/c1-30-22-16(23(29)25-17-4-2-3-5-20(17)28)11-13-19-21(22)18(26-27-19)12-8-14-6-9-15(24)10-7-14/h6-13,17,20,28H,2-5H2,1H3,(H,25,29)(H,26,27)/b12-8+/t17-,20-/m1/s1. The molecule has 1 amide bonds. The van der Waals surface area contributed by atoms with Crippen LogP contribution >= 0.6 is 0 Å². The number of H-pyrrole nitrogens is 1. The van der Waals surface area contributed by atoms with Gasteiger partial charge < -0.3 is 15.2 Å². The zero-order valence-corrected chi connectivity index (χ0v) is 16.7. The summed E-state index contributed by atoms with van der Waals surface area (Å²) >= 11 is 0. The van der Waals surface area contributed by atoms with Crippen LogP contribution in [0.3, 0.4) is 0 Å². The van der Waals surface area contributed by atoms with Gasteiger partial charge in [0.15, 0.2) is 0 Å². The number of methoxy groups -OCH3 is 1. The first-order valence-electron chi connectivity index (χ1n) is 10.0. The first-order valence-corrected chi connectivity index (χ1v) is 10.0. The van der Waals surface area contributed by atoms with Gasteiger partial charge in [0.25, 0.3) is 5.91 Å². The summed E-state index contributed by atoms with van der Waals surface area (Å²) in [5.74, 6) is -0.157. The average molecular weight is 409 g/mol. The topological polar surface area (TPSA) is 87.2 Å². The van der Waals surface area contributed by atoms with Gasteiger partial charge in [0, 0.05) is 0 Å². The summed E-state index contributed by atoms with van der Waals surface area (Å²) in [7, 11) is 1.52. The lowest BCUT2D eigenvalue weighted by molar-refractivity contribution is 0.0715. The molecule has 2 aromatic carbocycles. The number of carbonyl (C=O) groups is 1. The van der Waals surface area contributed by atoms with Crippen LogP contribution in [0.1, 0.15) is 47.3 Å². The van der Waals surface area contributed by atoms with Gasteiger partial charge in [0.1, 0.15) is 11.6 Å². The summed E-state index contributed by atoms with van der Waals surface area (Å²) in [6, 6.07) is 9.35. The largest absolute Gasteiger partial charge is 0.495 e. The second-order valence-electron chi connectivity index (χ2n) is 7.49. The number of halogens is 1.